The summed E-state index contributed by atoms with van der Waals surface area (Å²) in [4.78, 5) is 36.6. The molecule has 0 spiro atoms. The van der Waals surface area contributed by atoms with Gasteiger partial charge in [-0.15, -0.1) is 0 Å². The first-order chi connectivity index (χ1) is 20.3. The molecule has 0 saturated heterocycles. The van der Waals surface area contributed by atoms with Crippen molar-refractivity contribution in [3.63, 3.8) is 0 Å². The highest BCUT2D eigenvalue weighted by Crippen LogP contribution is 2.44. The van der Waals surface area contributed by atoms with Gasteiger partial charge in [0.25, 0.3) is 0 Å². The Morgan fingerprint density at radius 3 is 2.21 bits per heavy atom. The van der Waals surface area contributed by atoms with Gasteiger partial charge in [0.15, 0.2) is 0 Å². The highest BCUT2D eigenvalue weighted by molar-refractivity contribution is 5.82. The number of methoxy groups -OCH3 is 1. The predicted octanol–water partition coefficient (Wildman–Crippen LogP) is 5.94. The lowest BCUT2D eigenvalue weighted by Crippen LogP contribution is -2.43. The molecule has 2 N–H and O–H groups in total. The molecule has 0 aromatic heterocycles. The van der Waals surface area contributed by atoms with Gasteiger partial charge in [0.05, 0.1) is 13.7 Å². The van der Waals surface area contributed by atoms with Crippen molar-refractivity contribution < 1.29 is 38.4 Å². The third-order valence-electron chi connectivity index (χ3n) is 7.06. The number of esters is 1. The van der Waals surface area contributed by atoms with Crippen LogP contribution in [0.5, 0.6) is 11.5 Å². The van der Waals surface area contributed by atoms with Crippen LogP contribution in [0.1, 0.15) is 55.7 Å². The summed E-state index contributed by atoms with van der Waals surface area (Å²) in [6.07, 6.45) is 0.0996. The van der Waals surface area contributed by atoms with Gasteiger partial charge in [-0.1, -0.05) is 62.4 Å². The summed E-state index contributed by atoms with van der Waals surface area (Å²) in [5.74, 6) is -0.449. The van der Waals surface area contributed by atoms with Crippen molar-refractivity contribution in [3.8, 4) is 22.6 Å². The van der Waals surface area contributed by atoms with Crippen LogP contribution < -0.4 is 14.8 Å². The van der Waals surface area contributed by atoms with Crippen LogP contribution in [0, 0.1) is 5.92 Å². The van der Waals surface area contributed by atoms with Gasteiger partial charge in [-0.2, -0.15) is 0 Å². The Kier molecular flexibility index (Phi) is 10.4. The summed E-state index contributed by atoms with van der Waals surface area (Å²) in [7, 11) is 1.50. The first kappa shape index (κ1) is 30.4. The summed E-state index contributed by atoms with van der Waals surface area (Å²) < 4.78 is 22.2. The lowest BCUT2D eigenvalue weighted by atomic mass is 9.98. The molecule has 3 aromatic carbocycles. The zero-order chi connectivity index (χ0) is 30.1. The highest BCUT2D eigenvalue weighted by atomic mass is 16.6. The van der Waals surface area contributed by atoms with Crippen molar-refractivity contribution in [2.24, 2.45) is 5.92 Å². The Balaban J connectivity index is 1.34. The number of fused-ring (bicyclic) bond motifs is 3. The molecule has 1 aliphatic carbocycles. The van der Waals surface area contributed by atoms with Crippen molar-refractivity contribution in [1.29, 1.82) is 0 Å². The monoisotopic (exact) mass is 575 g/mol. The Morgan fingerprint density at radius 1 is 0.929 bits per heavy atom. The number of nitrogens with one attached hydrogen (secondary N) is 1. The van der Waals surface area contributed by atoms with Crippen LogP contribution in [0.3, 0.4) is 0 Å². The van der Waals surface area contributed by atoms with Gasteiger partial charge < -0.3 is 29.4 Å². The number of carbonyl (C=O) groups excluding carboxylic acids is 2. The Hall–Kier alpha value is -4.53. The lowest BCUT2D eigenvalue weighted by Gasteiger charge is -2.21. The number of amides is 1. The molecule has 0 unspecified atom stereocenters. The quantitative estimate of drug-likeness (QED) is 0.179. The summed E-state index contributed by atoms with van der Waals surface area (Å²) in [6, 6.07) is 20.4. The van der Waals surface area contributed by atoms with E-state index in [4.69, 9.17) is 24.1 Å². The van der Waals surface area contributed by atoms with Crippen LogP contribution in [-0.2, 0) is 25.7 Å². The molecular formula is C33H37NO8. The maximum Gasteiger partial charge on any atom is 0.407 e. The van der Waals surface area contributed by atoms with E-state index >= 15 is 0 Å². The second-order valence-corrected chi connectivity index (χ2v) is 10.6. The molecule has 4 rings (SSSR count). The zero-order valence-electron chi connectivity index (χ0n) is 24.1. The number of carboxylic acid groups (broad SMARTS) is 1. The van der Waals surface area contributed by atoms with E-state index in [0.29, 0.717) is 29.9 Å². The topological polar surface area (TPSA) is 120 Å². The molecule has 42 heavy (non-hydrogen) atoms. The number of ether oxygens (including phenoxy) is 4. The summed E-state index contributed by atoms with van der Waals surface area (Å²) in [5, 5.41) is 11.5. The summed E-state index contributed by atoms with van der Waals surface area (Å²) in [6.45, 7) is 4.24. The minimum Gasteiger partial charge on any atom is -0.496 e. The van der Waals surface area contributed by atoms with Crippen LogP contribution in [0.15, 0.2) is 66.7 Å². The maximum absolute atomic E-state index is 13.1. The van der Waals surface area contributed by atoms with Crippen LogP contribution in [0.25, 0.3) is 11.1 Å². The SMILES string of the molecule is COc1cc(OCCCC(=O)O)ccc1COC(=O)[C@H](CC(C)C)NC(=O)OCC1c2ccccc2-c2ccccc21. The van der Waals surface area contributed by atoms with Crippen molar-refractivity contribution in [3.05, 3.63) is 83.4 Å². The first-order valence-corrected chi connectivity index (χ1v) is 14.1. The molecule has 0 radical (unpaired) electrons. The molecule has 0 fully saturated rings. The van der Waals surface area contributed by atoms with E-state index in [0.717, 1.165) is 22.3 Å². The third-order valence-corrected chi connectivity index (χ3v) is 7.06. The molecule has 0 bridgehead atoms. The van der Waals surface area contributed by atoms with Crippen molar-refractivity contribution >= 4 is 18.0 Å². The van der Waals surface area contributed by atoms with E-state index in [2.05, 4.69) is 17.4 Å². The summed E-state index contributed by atoms with van der Waals surface area (Å²) >= 11 is 0. The van der Waals surface area contributed by atoms with Crippen LogP contribution >= 0.6 is 0 Å². The maximum atomic E-state index is 13.1. The molecule has 0 heterocycles. The molecule has 222 valence electrons. The summed E-state index contributed by atoms with van der Waals surface area (Å²) in [5.41, 5.74) is 5.10. The number of hydrogen-bond acceptors (Lipinski definition) is 7. The van der Waals surface area contributed by atoms with E-state index in [-0.39, 0.29) is 38.1 Å². The number of alkyl carbamates (subject to hydrolysis) is 1. The zero-order valence-corrected chi connectivity index (χ0v) is 24.1. The normalized spacial score (nSPS) is 12.7. The Bertz CT molecular complexity index is 1360. The van der Waals surface area contributed by atoms with Crippen molar-refractivity contribution in [2.75, 3.05) is 20.3 Å². The van der Waals surface area contributed by atoms with Gasteiger partial charge in [0.1, 0.15) is 30.8 Å². The van der Waals surface area contributed by atoms with Crippen LogP contribution in [0.2, 0.25) is 0 Å². The minimum absolute atomic E-state index is 0.0206. The molecule has 9 nitrogen and oxygen atoms in total. The van der Waals surface area contributed by atoms with Gasteiger partial charge in [-0.3, -0.25) is 4.79 Å². The van der Waals surface area contributed by atoms with Crippen molar-refractivity contribution in [2.45, 2.75) is 51.7 Å². The van der Waals surface area contributed by atoms with Crippen LogP contribution in [-0.4, -0.2) is 49.5 Å². The molecule has 9 heteroatoms. The van der Waals surface area contributed by atoms with Gasteiger partial charge in [0.2, 0.25) is 0 Å². The second kappa shape index (κ2) is 14.4. The standard InChI is InChI=1S/C33H37NO8/c1-21(2)17-29(32(37)41-19-22-14-15-23(18-30(22)39-3)40-16-8-13-31(35)36)34-33(38)42-20-28-26-11-6-4-9-24(26)25-10-5-7-12-27(25)28/h4-7,9-12,14-15,18,21,28-29H,8,13,16-17,19-20H2,1-3H3,(H,34,38)(H,35,36)/t29-/m0/s1. The number of carbonyl (C=O) groups is 3. The van der Waals surface area contributed by atoms with Crippen LogP contribution in [0.4, 0.5) is 4.79 Å². The van der Waals surface area contributed by atoms with Gasteiger partial charge in [0, 0.05) is 24.0 Å². The fourth-order valence-electron chi connectivity index (χ4n) is 5.06. The Morgan fingerprint density at radius 2 is 1.60 bits per heavy atom. The first-order valence-electron chi connectivity index (χ1n) is 14.1. The van der Waals surface area contributed by atoms with Gasteiger partial charge in [-0.05, 0) is 53.1 Å². The number of carboxylic acids is 1. The van der Waals surface area contributed by atoms with E-state index in [9.17, 15) is 14.4 Å². The smallest absolute Gasteiger partial charge is 0.407 e. The van der Waals surface area contributed by atoms with E-state index < -0.39 is 24.1 Å². The number of rotatable bonds is 14. The third kappa shape index (κ3) is 7.81. The molecule has 0 saturated carbocycles. The second-order valence-electron chi connectivity index (χ2n) is 10.6. The molecule has 3 aromatic rings. The largest absolute Gasteiger partial charge is 0.496 e. The van der Waals surface area contributed by atoms with Gasteiger partial charge >= 0.3 is 18.0 Å². The van der Waals surface area contributed by atoms with E-state index in [1.54, 1.807) is 18.2 Å². The lowest BCUT2D eigenvalue weighted by molar-refractivity contribution is -0.148. The average molecular weight is 576 g/mol. The number of aliphatic carboxylic acids is 1. The molecule has 1 aliphatic rings. The molecule has 1 amide bonds. The van der Waals surface area contributed by atoms with Crippen molar-refractivity contribution in [1.82, 2.24) is 5.32 Å². The van der Waals surface area contributed by atoms with E-state index in [1.165, 1.54) is 7.11 Å². The average Bonchev–Trinajstić information content (AvgIpc) is 3.30. The molecular weight excluding hydrogens is 538 g/mol. The molecule has 0 aliphatic heterocycles. The minimum atomic E-state index is -0.886. The Labute approximate surface area is 245 Å². The number of hydrogen-bond donors (Lipinski definition) is 2. The predicted molar refractivity (Wildman–Crippen MR) is 157 cm³/mol. The van der Waals surface area contributed by atoms with Gasteiger partial charge in [-0.25, -0.2) is 9.59 Å². The molecule has 1 atom stereocenters. The highest BCUT2D eigenvalue weighted by Gasteiger charge is 2.30. The fraction of sp³-hybridized carbons (Fsp3) is 0.364. The van der Waals surface area contributed by atoms with E-state index in [1.807, 2.05) is 50.2 Å². The number of benzene rings is 3. The fourth-order valence-corrected chi connectivity index (χ4v) is 5.06.